The fraction of sp³-hybridized carbons (Fsp3) is 0.882. The third-order valence-electron chi connectivity index (χ3n) is 4.02. The minimum atomic E-state index is 0.403. The van der Waals surface area contributed by atoms with Crippen molar-refractivity contribution in [2.45, 2.75) is 90.6 Å². The zero-order chi connectivity index (χ0) is 13.1. The monoisotopic (exact) mass is 252 g/mol. The van der Waals surface area contributed by atoms with Crippen LogP contribution in [0.1, 0.15) is 84.5 Å². The van der Waals surface area contributed by atoms with Gasteiger partial charge in [0.1, 0.15) is 0 Å². The molecule has 0 amide bonds. The predicted octanol–water partition coefficient (Wildman–Crippen LogP) is 5.85. The molecule has 0 spiro atoms. The number of ether oxygens (including phenoxy) is 1. The SMILES string of the molecule is CCCCCCC=COC(C)CC1CCCCC1. The quantitative estimate of drug-likeness (QED) is 0.369. The molecular formula is C17H32O. The Bertz CT molecular complexity index is 204. The maximum absolute atomic E-state index is 5.77. The van der Waals surface area contributed by atoms with E-state index in [1.54, 1.807) is 0 Å². The molecule has 18 heavy (non-hydrogen) atoms. The fourth-order valence-corrected chi connectivity index (χ4v) is 2.89. The smallest absolute Gasteiger partial charge is 0.0952 e. The van der Waals surface area contributed by atoms with Crippen LogP contribution in [0.25, 0.3) is 0 Å². The Morgan fingerprint density at radius 1 is 1.11 bits per heavy atom. The topological polar surface area (TPSA) is 9.23 Å². The molecule has 0 bridgehead atoms. The normalized spacial score (nSPS) is 19.2. The van der Waals surface area contributed by atoms with Crippen molar-refractivity contribution in [2.75, 3.05) is 0 Å². The Balaban J connectivity index is 1.98. The molecule has 1 aliphatic carbocycles. The van der Waals surface area contributed by atoms with Gasteiger partial charge in [-0.2, -0.15) is 0 Å². The maximum Gasteiger partial charge on any atom is 0.0952 e. The van der Waals surface area contributed by atoms with E-state index >= 15 is 0 Å². The van der Waals surface area contributed by atoms with E-state index in [0.717, 1.165) is 5.92 Å². The molecule has 0 aromatic carbocycles. The highest BCUT2D eigenvalue weighted by molar-refractivity contribution is 4.76. The standard InChI is InChI=1S/C17H32O/c1-3-4-5-6-7-11-14-18-16(2)15-17-12-9-8-10-13-17/h11,14,16-17H,3-10,12-13,15H2,1-2H3. The molecule has 0 aliphatic heterocycles. The average molecular weight is 252 g/mol. The molecule has 0 saturated heterocycles. The van der Waals surface area contributed by atoms with Crippen LogP contribution < -0.4 is 0 Å². The molecule has 1 unspecified atom stereocenters. The molecule has 0 N–H and O–H groups in total. The summed E-state index contributed by atoms with van der Waals surface area (Å²) >= 11 is 0. The van der Waals surface area contributed by atoms with E-state index in [-0.39, 0.29) is 0 Å². The van der Waals surface area contributed by atoms with Gasteiger partial charge in [0, 0.05) is 0 Å². The van der Waals surface area contributed by atoms with E-state index in [2.05, 4.69) is 19.9 Å². The first-order chi connectivity index (χ1) is 8.83. The fourth-order valence-electron chi connectivity index (χ4n) is 2.89. The van der Waals surface area contributed by atoms with E-state index in [1.807, 2.05) is 6.26 Å². The first-order valence-corrected chi connectivity index (χ1v) is 8.13. The molecule has 1 saturated carbocycles. The van der Waals surface area contributed by atoms with Gasteiger partial charge in [-0.25, -0.2) is 0 Å². The minimum absolute atomic E-state index is 0.403. The third-order valence-corrected chi connectivity index (χ3v) is 4.02. The number of hydrogen-bond acceptors (Lipinski definition) is 1. The van der Waals surface area contributed by atoms with Gasteiger partial charge in [-0.05, 0) is 38.2 Å². The van der Waals surface area contributed by atoms with Gasteiger partial charge in [-0.15, -0.1) is 0 Å². The van der Waals surface area contributed by atoms with Crippen molar-refractivity contribution in [2.24, 2.45) is 5.92 Å². The molecule has 1 nitrogen and oxygen atoms in total. The number of rotatable bonds is 9. The Morgan fingerprint density at radius 2 is 1.89 bits per heavy atom. The largest absolute Gasteiger partial charge is 0.499 e. The molecule has 1 heteroatoms. The molecule has 1 aliphatic rings. The molecule has 1 rings (SSSR count). The number of hydrogen-bond donors (Lipinski definition) is 0. The van der Waals surface area contributed by atoms with E-state index < -0.39 is 0 Å². The van der Waals surface area contributed by atoms with Crippen LogP contribution in [0, 0.1) is 5.92 Å². The lowest BCUT2D eigenvalue weighted by Gasteiger charge is -2.24. The van der Waals surface area contributed by atoms with Crippen LogP contribution in [0.3, 0.4) is 0 Å². The van der Waals surface area contributed by atoms with Crippen LogP contribution in [0.5, 0.6) is 0 Å². The molecule has 1 fully saturated rings. The van der Waals surface area contributed by atoms with Gasteiger partial charge in [0.15, 0.2) is 0 Å². The number of unbranched alkanes of at least 4 members (excludes halogenated alkanes) is 4. The summed E-state index contributed by atoms with van der Waals surface area (Å²) in [7, 11) is 0. The van der Waals surface area contributed by atoms with E-state index in [0.29, 0.717) is 6.10 Å². The van der Waals surface area contributed by atoms with Gasteiger partial charge < -0.3 is 4.74 Å². The van der Waals surface area contributed by atoms with Crippen molar-refractivity contribution < 1.29 is 4.74 Å². The molecular weight excluding hydrogens is 220 g/mol. The summed E-state index contributed by atoms with van der Waals surface area (Å²) in [5.74, 6) is 0.923. The first kappa shape index (κ1) is 15.6. The molecule has 0 radical (unpaired) electrons. The molecule has 0 aromatic rings. The average Bonchev–Trinajstić information content (AvgIpc) is 2.39. The summed E-state index contributed by atoms with van der Waals surface area (Å²) in [6.45, 7) is 4.47. The molecule has 106 valence electrons. The molecule has 0 aromatic heterocycles. The highest BCUT2D eigenvalue weighted by Crippen LogP contribution is 2.27. The summed E-state index contributed by atoms with van der Waals surface area (Å²) in [6.07, 6.45) is 19.5. The van der Waals surface area contributed by atoms with Gasteiger partial charge in [0.2, 0.25) is 0 Å². The zero-order valence-corrected chi connectivity index (χ0v) is 12.5. The second-order valence-corrected chi connectivity index (χ2v) is 5.91. The Hall–Kier alpha value is -0.460. The van der Waals surface area contributed by atoms with E-state index in [1.165, 1.54) is 70.6 Å². The Kier molecular flexibility index (Phi) is 9.06. The summed E-state index contributed by atoms with van der Waals surface area (Å²) in [5.41, 5.74) is 0. The van der Waals surface area contributed by atoms with Crippen LogP contribution in [0.15, 0.2) is 12.3 Å². The summed E-state index contributed by atoms with van der Waals surface area (Å²) < 4.78 is 5.77. The summed E-state index contributed by atoms with van der Waals surface area (Å²) in [6, 6.07) is 0. The highest BCUT2D eigenvalue weighted by atomic mass is 16.5. The number of allylic oxidation sites excluding steroid dienone is 1. The van der Waals surface area contributed by atoms with Crippen LogP contribution in [0.4, 0.5) is 0 Å². The van der Waals surface area contributed by atoms with Crippen molar-refractivity contribution in [3.8, 4) is 0 Å². The van der Waals surface area contributed by atoms with Gasteiger partial charge in [-0.1, -0.05) is 58.3 Å². The van der Waals surface area contributed by atoms with Crippen molar-refractivity contribution >= 4 is 0 Å². The maximum atomic E-state index is 5.77. The lowest BCUT2D eigenvalue weighted by molar-refractivity contribution is 0.122. The van der Waals surface area contributed by atoms with Crippen LogP contribution in [-0.2, 0) is 4.74 Å². The molecule has 0 heterocycles. The van der Waals surface area contributed by atoms with Crippen molar-refractivity contribution in [3.63, 3.8) is 0 Å². The van der Waals surface area contributed by atoms with Crippen LogP contribution in [0.2, 0.25) is 0 Å². The summed E-state index contributed by atoms with van der Waals surface area (Å²) in [5, 5.41) is 0. The first-order valence-electron chi connectivity index (χ1n) is 8.13. The van der Waals surface area contributed by atoms with Gasteiger partial charge in [0.05, 0.1) is 12.4 Å². The van der Waals surface area contributed by atoms with Crippen molar-refractivity contribution in [1.29, 1.82) is 0 Å². The zero-order valence-electron chi connectivity index (χ0n) is 12.5. The second kappa shape index (κ2) is 10.5. The van der Waals surface area contributed by atoms with Gasteiger partial charge in [0.25, 0.3) is 0 Å². The minimum Gasteiger partial charge on any atom is -0.499 e. The van der Waals surface area contributed by atoms with E-state index in [9.17, 15) is 0 Å². The van der Waals surface area contributed by atoms with Crippen molar-refractivity contribution in [3.05, 3.63) is 12.3 Å². The van der Waals surface area contributed by atoms with Gasteiger partial charge in [-0.3, -0.25) is 0 Å². The highest BCUT2D eigenvalue weighted by Gasteiger charge is 2.16. The summed E-state index contributed by atoms with van der Waals surface area (Å²) in [4.78, 5) is 0. The lowest BCUT2D eigenvalue weighted by atomic mass is 9.86. The van der Waals surface area contributed by atoms with Gasteiger partial charge >= 0.3 is 0 Å². The predicted molar refractivity (Wildman–Crippen MR) is 79.6 cm³/mol. The Morgan fingerprint density at radius 3 is 2.61 bits per heavy atom. The Labute approximate surface area is 114 Å². The van der Waals surface area contributed by atoms with Crippen molar-refractivity contribution in [1.82, 2.24) is 0 Å². The second-order valence-electron chi connectivity index (χ2n) is 5.91. The lowest BCUT2D eigenvalue weighted by Crippen LogP contribution is -2.14. The third kappa shape index (κ3) is 7.79. The van der Waals surface area contributed by atoms with Crippen LogP contribution >= 0.6 is 0 Å². The molecule has 1 atom stereocenters. The van der Waals surface area contributed by atoms with Crippen LogP contribution in [-0.4, -0.2) is 6.10 Å². The van der Waals surface area contributed by atoms with E-state index in [4.69, 9.17) is 4.74 Å².